The van der Waals surface area contributed by atoms with Gasteiger partial charge in [0.15, 0.2) is 11.6 Å². The molecule has 1 fully saturated rings. The molecule has 8 heteroatoms. The molecule has 0 spiro atoms. The van der Waals surface area contributed by atoms with Gasteiger partial charge in [-0.2, -0.15) is 5.10 Å². The van der Waals surface area contributed by atoms with Gasteiger partial charge in [0.1, 0.15) is 5.82 Å². The van der Waals surface area contributed by atoms with E-state index in [9.17, 15) is 4.79 Å². The van der Waals surface area contributed by atoms with Crippen LogP contribution in [0.4, 0.5) is 11.5 Å². The number of nitrogens with one attached hydrogen (secondary N) is 3. The zero-order chi connectivity index (χ0) is 24.3. The summed E-state index contributed by atoms with van der Waals surface area (Å²) in [7, 11) is 0. The average molecular weight is 479 g/mol. The van der Waals surface area contributed by atoms with Crippen LogP contribution in [0.2, 0.25) is 0 Å². The number of Topliss-reactive ketones (excluding diaryl/α,β-unsaturated/α-hetero) is 1. The van der Waals surface area contributed by atoms with Crippen molar-refractivity contribution in [2.45, 2.75) is 19.3 Å². The third-order valence-corrected chi connectivity index (χ3v) is 6.64. The first-order valence-electron chi connectivity index (χ1n) is 12.1. The zero-order valence-corrected chi connectivity index (χ0v) is 19.7. The molecule has 5 aromatic rings. The number of aromatic nitrogens is 5. The Morgan fingerprint density at radius 1 is 1.00 bits per heavy atom. The Labute approximate surface area is 208 Å². The number of nitrogens with zero attached hydrogens (tertiary/aromatic N) is 3. The predicted molar refractivity (Wildman–Crippen MR) is 139 cm³/mol. The molecule has 0 radical (unpaired) electrons. The molecule has 2 aromatic carbocycles. The van der Waals surface area contributed by atoms with Crippen molar-refractivity contribution in [3.8, 4) is 22.5 Å². The fraction of sp³-hybridized carbons (Fsp3) is 0.214. The molecule has 0 aliphatic carbocycles. The molecule has 0 atom stereocenters. The number of aromatic amines is 2. The molecule has 0 amide bonds. The third-order valence-electron chi connectivity index (χ3n) is 6.64. The van der Waals surface area contributed by atoms with Gasteiger partial charge < -0.3 is 15.0 Å². The monoisotopic (exact) mass is 478 g/mol. The van der Waals surface area contributed by atoms with Gasteiger partial charge in [-0.15, -0.1) is 0 Å². The molecule has 1 saturated heterocycles. The molecule has 180 valence electrons. The minimum absolute atomic E-state index is 0.154. The highest BCUT2D eigenvalue weighted by Gasteiger charge is 2.19. The van der Waals surface area contributed by atoms with Crippen LogP contribution in [-0.2, 0) is 4.74 Å². The van der Waals surface area contributed by atoms with Crippen molar-refractivity contribution in [3.63, 3.8) is 0 Å². The minimum Gasteiger partial charge on any atom is -0.381 e. The lowest BCUT2D eigenvalue weighted by atomic mass is 9.93. The summed E-state index contributed by atoms with van der Waals surface area (Å²) in [5.41, 5.74) is 5.50. The van der Waals surface area contributed by atoms with E-state index in [1.54, 1.807) is 12.4 Å². The van der Waals surface area contributed by atoms with Crippen LogP contribution < -0.4 is 5.32 Å². The molecule has 4 heterocycles. The van der Waals surface area contributed by atoms with Crippen molar-refractivity contribution in [1.82, 2.24) is 25.1 Å². The van der Waals surface area contributed by atoms with E-state index < -0.39 is 0 Å². The normalized spacial score (nSPS) is 14.2. The minimum atomic E-state index is 0.154. The standard InChI is InChI=1S/C28H26N6O2/c35-26(13-18-8-11-36-12-9-18)25-14-20-1-2-21(15-24(20)33-25)28-29-10-7-27(34-28)32-23-5-3-19(4-6-23)22-16-30-31-17-22/h1-7,10,14-18,33H,8-9,11-13H2,(H,30,31)(H,29,32,34). The summed E-state index contributed by atoms with van der Waals surface area (Å²) in [5.74, 6) is 1.87. The summed E-state index contributed by atoms with van der Waals surface area (Å²) < 4.78 is 5.41. The Balaban J connectivity index is 1.18. The summed E-state index contributed by atoms with van der Waals surface area (Å²) in [6.45, 7) is 1.50. The second-order valence-electron chi connectivity index (χ2n) is 9.12. The lowest BCUT2D eigenvalue weighted by Gasteiger charge is -2.20. The lowest BCUT2D eigenvalue weighted by Crippen LogP contribution is -2.18. The van der Waals surface area contributed by atoms with E-state index in [1.807, 2.05) is 60.8 Å². The molecule has 0 saturated carbocycles. The maximum absolute atomic E-state index is 12.8. The molecule has 3 N–H and O–H groups in total. The number of anilines is 2. The molecule has 3 aromatic heterocycles. The Kier molecular flexibility index (Phi) is 6.01. The van der Waals surface area contributed by atoms with E-state index in [2.05, 4.69) is 25.5 Å². The van der Waals surface area contributed by atoms with E-state index in [1.165, 1.54) is 0 Å². The zero-order valence-electron chi connectivity index (χ0n) is 19.7. The van der Waals surface area contributed by atoms with Crippen molar-refractivity contribution in [2.24, 2.45) is 5.92 Å². The molecular weight excluding hydrogens is 452 g/mol. The van der Waals surface area contributed by atoms with Crippen LogP contribution in [-0.4, -0.2) is 44.1 Å². The van der Waals surface area contributed by atoms with E-state index >= 15 is 0 Å². The maximum Gasteiger partial charge on any atom is 0.179 e. The summed E-state index contributed by atoms with van der Waals surface area (Å²) in [6, 6.07) is 17.9. The second kappa shape index (κ2) is 9.75. The van der Waals surface area contributed by atoms with Crippen molar-refractivity contribution in [3.05, 3.63) is 78.9 Å². The smallest absolute Gasteiger partial charge is 0.179 e. The van der Waals surface area contributed by atoms with Crippen LogP contribution >= 0.6 is 0 Å². The Morgan fingerprint density at radius 2 is 1.83 bits per heavy atom. The SMILES string of the molecule is O=C(CC1CCOCC1)c1cc2ccc(-c3nccc(Nc4ccc(-c5cn[nH]c5)cc4)n3)cc2[nH]1. The molecule has 6 rings (SSSR count). The number of carbonyl (C=O) groups excluding carboxylic acids is 1. The summed E-state index contributed by atoms with van der Waals surface area (Å²) in [4.78, 5) is 25.3. The Morgan fingerprint density at radius 3 is 2.64 bits per heavy atom. The fourth-order valence-corrected chi connectivity index (χ4v) is 4.61. The quantitative estimate of drug-likeness (QED) is 0.257. The van der Waals surface area contributed by atoms with Gasteiger partial charge in [0.2, 0.25) is 0 Å². The number of benzene rings is 2. The van der Waals surface area contributed by atoms with Crippen molar-refractivity contribution >= 4 is 28.2 Å². The summed E-state index contributed by atoms with van der Waals surface area (Å²) in [5, 5.41) is 11.2. The predicted octanol–water partition coefficient (Wildman–Crippen LogP) is 5.76. The first kappa shape index (κ1) is 22.2. The van der Waals surface area contributed by atoms with Gasteiger partial charge in [0.05, 0.1) is 11.9 Å². The van der Waals surface area contributed by atoms with Gasteiger partial charge >= 0.3 is 0 Å². The molecule has 1 aliphatic heterocycles. The van der Waals surface area contributed by atoms with Gasteiger partial charge in [0.25, 0.3) is 0 Å². The number of fused-ring (bicyclic) bond motifs is 1. The van der Waals surface area contributed by atoms with Gasteiger partial charge in [-0.05, 0) is 54.7 Å². The molecule has 36 heavy (non-hydrogen) atoms. The van der Waals surface area contributed by atoms with E-state index in [4.69, 9.17) is 9.72 Å². The molecule has 0 bridgehead atoms. The van der Waals surface area contributed by atoms with Gasteiger partial charge in [-0.3, -0.25) is 9.89 Å². The van der Waals surface area contributed by atoms with Crippen LogP contribution in [0.15, 0.2) is 73.2 Å². The van der Waals surface area contributed by atoms with Crippen molar-refractivity contribution < 1.29 is 9.53 Å². The third kappa shape index (κ3) is 4.76. The fourth-order valence-electron chi connectivity index (χ4n) is 4.61. The maximum atomic E-state index is 12.8. The molecule has 8 nitrogen and oxygen atoms in total. The van der Waals surface area contributed by atoms with Crippen molar-refractivity contribution in [1.29, 1.82) is 0 Å². The first-order chi connectivity index (χ1) is 17.7. The lowest BCUT2D eigenvalue weighted by molar-refractivity contribution is 0.0600. The van der Waals surface area contributed by atoms with Crippen molar-refractivity contribution in [2.75, 3.05) is 18.5 Å². The number of H-pyrrole nitrogens is 2. The number of rotatable bonds is 7. The molecular formula is C28H26N6O2. The van der Waals surface area contributed by atoms with Gasteiger partial charge in [-0.25, -0.2) is 9.97 Å². The van der Waals surface area contributed by atoms with Gasteiger partial charge in [0, 0.05) is 59.7 Å². The highest BCUT2D eigenvalue weighted by molar-refractivity contribution is 6.00. The number of hydrogen-bond donors (Lipinski definition) is 3. The largest absolute Gasteiger partial charge is 0.381 e. The number of ketones is 1. The Bertz CT molecular complexity index is 1480. The number of carbonyl (C=O) groups is 1. The van der Waals surface area contributed by atoms with Crippen LogP contribution in [0.3, 0.4) is 0 Å². The van der Waals surface area contributed by atoms with Crippen LogP contribution in [0, 0.1) is 5.92 Å². The highest BCUT2D eigenvalue weighted by Crippen LogP contribution is 2.27. The van der Waals surface area contributed by atoms with E-state index in [-0.39, 0.29) is 5.78 Å². The molecule has 0 unspecified atom stereocenters. The first-order valence-corrected chi connectivity index (χ1v) is 12.1. The van der Waals surface area contributed by atoms with E-state index in [0.29, 0.717) is 29.7 Å². The van der Waals surface area contributed by atoms with E-state index in [0.717, 1.165) is 59.3 Å². The van der Waals surface area contributed by atoms with Crippen LogP contribution in [0.25, 0.3) is 33.4 Å². The topological polar surface area (TPSA) is 109 Å². The van der Waals surface area contributed by atoms with Gasteiger partial charge in [-0.1, -0.05) is 24.3 Å². The highest BCUT2D eigenvalue weighted by atomic mass is 16.5. The Hall–Kier alpha value is -4.30. The second-order valence-corrected chi connectivity index (χ2v) is 9.12. The number of ether oxygens (including phenoxy) is 1. The molecule has 1 aliphatic rings. The summed E-state index contributed by atoms with van der Waals surface area (Å²) >= 11 is 0. The van der Waals surface area contributed by atoms with Crippen LogP contribution in [0.5, 0.6) is 0 Å². The van der Waals surface area contributed by atoms with Crippen LogP contribution in [0.1, 0.15) is 29.8 Å². The summed E-state index contributed by atoms with van der Waals surface area (Å²) in [6.07, 6.45) is 7.87. The number of hydrogen-bond acceptors (Lipinski definition) is 6. The average Bonchev–Trinajstić information content (AvgIpc) is 3.60.